The number of hydrogen-bond donors (Lipinski definition) is 3. The first-order valence-corrected chi connectivity index (χ1v) is 27.3. The maximum atomic E-state index is 14.4. The normalized spacial score (nSPS) is 18.8. The van der Waals surface area contributed by atoms with Crippen molar-refractivity contribution in [3.05, 3.63) is 100 Å². The van der Waals surface area contributed by atoms with Crippen molar-refractivity contribution in [2.45, 2.75) is 126 Å². The Labute approximate surface area is 434 Å². The van der Waals surface area contributed by atoms with Gasteiger partial charge < -0.3 is 34.8 Å². The maximum absolute atomic E-state index is 14.4. The van der Waals surface area contributed by atoms with Crippen LogP contribution in [0.5, 0.6) is 11.5 Å². The van der Waals surface area contributed by atoms with Gasteiger partial charge >= 0.3 is 0 Å². The Bertz CT molecular complexity index is 2730. The number of carbonyl (C=O) groups excluding carboxylic acids is 5. The van der Waals surface area contributed by atoms with Crippen LogP contribution in [0.25, 0.3) is 10.4 Å². The Morgan fingerprint density at radius 1 is 0.861 bits per heavy atom. The Kier molecular flexibility index (Phi) is 17.0. The van der Waals surface area contributed by atoms with Gasteiger partial charge in [0.1, 0.15) is 17.5 Å². The third-order valence-corrected chi connectivity index (χ3v) is 16.9. The van der Waals surface area contributed by atoms with Gasteiger partial charge in [-0.1, -0.05) is 68.1 Å². The summed E-state index contributed by atoms with van der Waals surface area (Å²) in [6.07, 6.45) is 7.47. The highest BCUT2D eigenvalue weighted by Crippen LogP contribution is 2.39. The Balaban J connectivity index is 0.805. The summed E-state index contributed by atoms with van der Waals surface area (Å²) in [7, 11) is 1.55. The second-order valence-corrected chi connectivity index (χ2v) is 23.2. The minimum Gasteiger partial charge on any atom is -0.496 e. The molecule has 3 aromatic carbocycles. The second kappa shape index (κ2) is 23.4. The Morgan fingerprint density at radius 2 is 1.60 bits per heavy atom. The number of rotatable bonds is 15. The Hall–Kier alpha value is -5.82. The number of anilines is 1. The van der Waals surface area contributed by atoms with Crippen molar-refractivity contribution in [1.29, 1.82) is 0 Å². The molecule has 382 valence electrons. The number of nitrogens with one attached hydrogen (secondary N) is 3. The number of thiazole rings is 2. The fourth-order valence-corrected chi connectivity index (χ4v) is 12.4. The van der Waals surface area contributed by atoms with E-state index in [-0.39, 0.29) is 47.1 Å². The number of aryl methyl sites for hydroxylation is 2. The second-order valence-electron chi connectivity index (χ2n) is 20.0. The molecule has 8 rings (SSSR count). The monoisotopic (exact) mass is 1030 g/mol. The van der Waals surface area contributed by atoms with Gasteiger partial charge in [-0.2, -0.15) is 0 Å². The van der Waals surface area contributed by atoms with Gasteiger partial charge in [0, 0.05) is 62.7 Å². The summed E-state index contributed by atoms with van der Waals surface area (Å²) < 4.78 is 12.9. The average Bonchev–Trinajstić information content (AvgIpc) is 4.12. The number of benzene rings is 3. The van der Waals surface area contributed by atoms with E-state index in [0.717, 1.165) is 74.9 Å². The van der Waals surface area contributed by atoms with Gasteiger partial charge in [-0.05, 0) is 117 Å². The van der Waals surface area contributed by atoms with E-state index in [1.54, 1.807) is 58.4 Å². The minimum atomic E-state index is -0.503. The lowest BCUT2D eigenvalue weighted by atomic mass is 9.84. The van der Waals surface area contributed by atoms with Crippen LogP contribution in [0.15, 0.2) is 81.5 Å². The van der Waals surface area contributed by atoms with Crippen LogP contribution in [0, 0.1) is 19.3 Å². The third kappa shape index (κ3) is 12.9. The van der Waals surface area contributed by atoms with E-state index in [4.69, 9.17) is 9.47 Å². The molecule has 5 aromatic rings. The zero-order valence-electron chi connectivity index (χ0n) is 42.2. The molecular formula is C54H66N8O7S3. The highest BCUT2D eigenvalue weighted by molar-refractivity contribution is 8.01. The van der Waals surface area contributed by atoms with Gasteiger partial charge in [-0.3, -0.25) is 29.3 Å². The van der Waals surface area contributed by atoms with Gasteiger partial charge in [0.2, 0.25) is 17.7 Å². The van der Waals surface area contributed by atoms with Gasteiger partial charge in [-0.25, -0.2) is 9.97 Å². The van der Waals surface area contributed by atoms with Crippen LogP contribution in [-0.4, -0.2) is 118 Å². The van der Waals surface area contributed by atoms with Gasteiger partial charge in [0.05, 0.1) is 51.3 Å². The molecule has 4 atom stereocenters. The van der Waals surface area contributed by atoms with Gasteiger partial charge in [0.15, 0.2) is 5.13 Å². The van der Waals surface area contributed by atoms with Crippen LogP contribution < -0.4 is 25.4 Å². The molecule has 72 heavy (non-hydrogen) atoms. The maximum Gasteiger partial charge on any atom is 0.257 e. The van der Waals surface area contributed by atoms with Crippen molar-refractivity contribution in [2.24, 2.45) is 5.41 Å². The van der Waals surface area contributed by atoms with Crippen LogP contribution in [0.4, 0.5) is 5.13 Å². The lowest BCUT2D eigenvalue weighted by molar-refractivity contribution is -0.142. The van der Waals surface area contributed by atoms with Gasteiger partial charge in [0.25, 0.3) is 11.8 Å². The number of likely N-dealkylation sites (tertiary alicyclic amines) is 1. The predicted molar refractivity (Wildman–Crippen MR) is 283 cm³/mol. The summed E-state index contributed by atoms with van der Waals surface area (Å²) in [5, 5.41) is 10.2. The van der Waals surface area contributed by atoms with Crippen molar-refractivity contribution in [3.63, 3.8) is 0 Å². The van der Waals surface area contributed by atoms with Crippen molar-refractivity contribution in [1.82, 2.24) is 35.3 Å². The molecule has 15 nitrogen and oxygen atoms in total. The minimum absolute atomic E-state index is 0.00358. The highest BCUT2D eigenvalue weighted by Gasteiger charge is 2.42. The number of methoxy groups -OCH3 is 1. The molecule has 2 saturated heterocycles. The number of amides is 5. The quantitative estimate of drug-likeness (QED) is 0.0854. The summed E-state index contributed by atoms with van der Waals surface area (Å²) >= 11 is 4.43. The van der Waals surface area contributed by atoms with E-state index >= 15 is 0 Å². The molecule has 3 aliphatic rings. The average molecular weight is 1040 g/mol. The molecule has 0 bridgehead atoms. The van der Waals surface area contributed by atoms with Crippen LogP contribution in [0.3, 0.4) is 0 Å². The molecule has 4 heterocycles. The number of ether oxygens (including phenoxy) is 2. The lowest BCUT2D eigenvalue weighted by Crippen LogP contribution is -2.58. The summed E-state index contributed by atoms with van der Waals surface area (Å²) in [5.74, 6) is 0.610. The summed E-state index contributed by atoms with van der Waals surface area (Å²) in [6.45, 7) is 14.6. The SMILES string of the molecule is COc1cc(C)c(Sc2cnc(NC(=O)c3ccc(OC4CCCC(N[C@H](C(=O)N5CCCC5C(=O)NCc5ccc(-c6scnc6C)cc5)C(C)(C)C)CC4)cc3)s2)cc1C(=O)N1CCN(C(C)=O)CC1. The smallest absolute Gasteiger partial charge is 0.257 e. The number of nitrogens with zero attached hydrogens (tertiary/aromatic N) is 5. The zero-order valence-corrected chi connectivity index (χ0v) is 44.7. The van der Waals surface area contributed by atoms with E-state index in [1.807, 2.05) is 55.8 Å². The number of hydrogen-bond acceptors (Lipinski definition) is 13. The topological polar surface area (TPSA) is 175 Å². The first kappa shape index (κ1) is 52.5. The fourth-order valence-electron chi connectivity index (χ4n) is 9.63. The van der Waals surface area contributed by atoms with E-state index in [9.17, 15) is 24.0 Å². The summed E-state index contributed by atoms with van der Waals surface area (Å²) in [4.78, 5) is 82.9. The third-order valence-electron chi connectivity index (χ3n) is 13.8. The molecule has 1 saturated carbocycles. The van der Waals surface area contributed by atoms with Crippen molar-refractivity contribution in [3.8, 4) is 21.9 Å². The lowest BCUT2D eigenvalue weighted by Gasteiger charge is -2.37. The van der Waals surface area contributed by atoms with E-state index in [2.05, 4.69) is 58.8 Å². The Morgan fingerprint density at radius 3 is 2.28 bits per heavy atom. The highest BCUT2D eigenvalue weighted by atomic mass is 32.2. The molecule has 1 aliphatic carbocycles. The number of piperazine rings is 1. The van der Waals surface area contributed by atoms with Crippen molar-refractivity contribution >= 4 is 69.1 Å². The van der Waals surface area contributed by atoms with Crippen molar-refractivity contribution < 1.29 is 33.4 Å². The molecule has 2 aliphatic heterocycles. The van der Waals surface area contributed by atoms with Crippen molar-refractivity contribution in [2.75, 3.05) is 45.2 Å². The van der Waals surface area contributed by atoms with Gasteiger partial charge in [-0.15, -0.1) is 11.3 Å². The molecule has 0 spiro atoms. The largest absolute Gasteiger partial charge is 0.496 e. The number of aromatic nitrogens is 2. The van der Waals surface area contributed by atoms with E-state index < -0.39 is 12.1 Å². The van der Waals surface area contributed by atoms with E-state index in [0.29, 0.717) is 73.4 Å². The molecule has 3 unspecified atom stereocenters. The molecule has 3 fully saturated rings. The van der Waals surface area contributed by atoms with Crippen LogP contribution in [-0.2, 0) is 20.9 Å². The summed E-state index contributed by atoms with van der Waals surface area (Å²) in [6, 6.07) is 18.2. The summed E-state index contributed by atoms with van der Waals surface area (Å²) in [5.41, 5.74) is 6.45. The van der Waals surface area contributed by atoms with Crippen LogP contribution >= 0.6 is 34.4 Å². The first-order chi connectivity index (χ1) is 34.5. The van der Waals surface area contributed by atoms with Crippen LogP contribution in [0.1, 0.15) is 110 Å². The molecule has 3 N–H and O–H groups in total. The number of carbonyl (C=O) groups is 5. The standard InChI is InChI=1S/C54H66N8O7S3/c1-33-28-44(68-7)42(51(66)61-26-24-60(25-27-61)35(3)63)29-45(33)71-46-31-56-53(72-46)59-49(64)38-17-20-41(21-18-38)69-40-11-8-10-39(19-22-40)58-48(54(4,5)6)52(67)62-23-9-12-43(62)50(65)55-30-36-13-15-37(16-14-36)47-34(2)57-32-70-47/h13-18,20-21,28-29,31-32,39-40,43,48,58H,8-12,19,22-27,30H2,1-7H3,(H,55,65)(H,56,59,64)/t39?,40?,43?,48-/m1/s1. The molecule has 5 amide bonds. The predicted octanol–water partition coefficient (Wildman–Crippen LogP) is 8.99. The fraction of sp³-hybridized carbons (Fsp3) is 0.463. The molecule has 18 heteroatoms. The molecule has 0 radical (unpaired) electrons. The molecular weight excluding hydrogens is 969 g/mol. The first-order valence-electron chi connectivity index (χ1n) is 24.8. The zero-order chi connectivity index (χ0) is 51.1. The molecule has 2 aromatic heterocycles. The van der Waals surface area contributed by atoms with E-state index in [1.165, 1.54) is 23.1 Å². The van der Waals surface area contributed by atoms with Crippen LogP contribution in [0.2, 0.25) is 0 Å².